The van der Waals surface area contributed by atoms with Crippen LogP contribution in [0.4, 0.5) is 0 Å². The van der Waals surface area contributed by atoms with Crippen molar-refractivity contribution in [3.8, 4) is 0 Å². The Kier molecular flexibility index (Phi) is 9.69. The number of rotatable bonds is 11. The first-order chi connectivity index (χ1) is 17.6. The third-order valence-corrected chi connectivity index (χ3v) is 8.49. The third-order valence-electron chi connectivity index (χ3n) is 7.02. The largest absolute Gasteiger partial charge is 0.394 e. The number of aliphatic hydroxyl groups excluding tert-OH is 1. The summed E-state index contributed by atoms with van der Waals surface area (Å²) in [6, 6.07) is 15.4. The molecule has 37 heavy (non-hydrogen) atoms. The number of hydrogen-bond donors (Lipinski definition) is 4. The van der Waals surface area contributed by atoms with Gasteiger partial charge in [0.15, 0.2) is 5.96 Å². The lowest BCUT2D eigenvalue weighted by Gasteiger charge is -2.37. The Hall–Kier alpha value is -2.95. The number of hydrogen-bond acceptors (Lipinski definition) is 5. The zero-order valence-corrected chi connectivity index (χ0v) is 22.5. The number of carbonyl (C=O) groups is 1. The van der Waals surface area contributed by atoms with E-state index >= 15 is 0 Å². The van der Waals surface area contributed by atoms with E-state index in [1.807, 2.05) is 50.2 Å². The minimum Gasteiger partial charge on any atom is -0.394 e. The van der Waals surface area contributed by atoms with Gasteiger partial charge in [-0.1, -0.05) is 56.3 Å². The van der Waals surface area contributed by atoms with Crippen LogP contribution in [0.1, 0.15) is 57.1 Å². The van der Waals surface area contributed by atoms with E-state index in [0.29, 0.717) is 19.4 Å². The first kappa shape index (κ1) is 28.6. The molecule has 1 heterocycles. The van der Waals surface area contributed by atoms with Crippen LogP contribution >= 0.6 is 0 Å². The molecule has 1 saturated heterocycles. The van der Waals surface area contributed by atoms with Gasteiger partial charge in [-0.15, -0.1) is 0 Å². The number of carbonyl (C=O) groups excluding carboxylic acids is 1. The summed E-state index contributed by atoms with van der Waals surface area (Å²) in [7, 11) is -4.03. The average Bonchev–Trinajstić information content (AvgIpc) is 2.90. The van der Waals surface area contributed by atoms with E-state index in [1.165, 1.54) is 6.07 Å². The highest BCUT2D eigenvalue weighted by Gasteiger charge is 2.34. The van der Waals surface area contributed by atoms with Gasteiger partial charge < -0.3 is 21.5 Å². The van der Waals surface area contributed by atoms with Crippen molar-refractivity contribution in [1.29, 1.82) is 0 Å². The first-order valence-electron chi connectivity index (χ1n) is 12.7. The Morgan fingerprint density at radius 3 is 2.51 bits per heavy atom. The number of guanidine groups is 1. The number of aliphatic imine (C=N–C) groups is 1. The molecule has 0 saturated carbocycles. The molecule has 2 aromatic rings. The van der Waals surface area contributed by atoms with Gasteiger partial charge in [0.2, 0.25) is 15.9 Å². The predicted octanol–water partition coefficient (Wildman–Crippen LogP) is 2.09. The molecule has 6 N–H and O–H groups in total. The number of nitrogens with two attached hydrogens (primary N) is 2. The lowest BCUT2D eigenvalue weighted by atomic mass is 9.78. The van der Waals surface area contributed by atoms with E-state index in [0.717, 1.165) is 24.0 Å². The Morgan fingerprint density at radius 1 is 1.14 bits per heavy atom. The fraction of sp³-hybridized carbons (Fsp3) is 0.481. The van der Waals surface area contributed by atoms with Gasteiger partial charge in [-0.05, 0) is 55.4 Å². The molecular weight excluding hydrogens is 490 g/mol. The van der Waals surface area contributed by atoms with E-state index in [1.54, 1.807) is 17.0 Å². The van der Waals surface area contributed by atoms with E-state index < -0.39 is 21.5 Å². The van der Waals surface area contributed by atoms with Gasteiger partial charge in [-0.2, -0.15) is 4.72 Å². The van der Waals surface area contributed by atoms with Crippen LogP contribution in [0.2, 0.25) is 0 Å². The number of nitrogens with zero attached hydrogens (tertiary/aromatic N) is 2. The van der Waals surface area contributed by atoms with Crippen LogP contribution in [-0.2, 0) is 20.2 Å². The molecule has 10 heteroatoms. The first-order valence-corrected chi connectivity index (χ1v) is 14.2. The van der Waals surface area contributed by atoms with E-state index in [-0.39, 0.29) is 42.4 Å². The minimum atomic E-state index is -4.03. The molecule has 0 radical (unpaired) electrons. The van der Waals surface area contributed by atoms with E-state index in [4.69, 9.17) is 11.5 Å². The highest BCUT2D eigenvalue weighted by atomic mass is 32.2. The van der Waals surface area contributed by atoms with Crippen molar-refractivity contribution in [3.63, 3.8) is 0 Å². The third kappa shape index (κ3) is 7.30. The van der Waals surface area contributed by atoms with Gasteiger partial charge in [0, 0.05) is 18.5 Å². The number of benzene rings is 2. The number of amides is 1. The summed E-state index contributed by atoms with van der Waals surface area (Å²) >= 11 is 0. The maximum atomic E-state index is 13.5. The lowest BCUT2D eigenvalue weighted by molar-refractivity contribution is -0.138. The quantitative estimate of drug-likeness (QED) is 0.199. The zero-order chi connectivity index (χ0) is 27.1. The van der Waals surface area contributed by atoms with Gasteiger partial charge in [-0.25, -0.2) is 8.42 Å². The normalized spacial score (nSPS) is 17.3. The van der Waals surface area contributed by atoms with Crippen molar-refractivity contribution in [1.82, 2.24) is 9.62 Å². The van der Waals surface area contributed by atoms with Crippen molar-refractivity contribution in [2.75, 3.05) is 19.7 Å². The molecule has 0 spiro atoms. The summed E-state index contributed by atoms with van der Waals surface area (Å²) in [5, 5.41) is 9.80. The molecule has 2 aromatic carbocycles. The minimum absolute atomic E-state index is 0.0577. The lowest BCUT2D eigenvalue weighted by Crippen LogP contribution is -2.54. The number of nitrogens with one attached hydrogen (secondary N) is 1. The summed E-state index contributed by atoms with van der Waals surface area (Å²) in [5.74, 6) is -0.398. The molecule has 1 aliphatic rings. The number of likely N-dealkylation sites (tertiary alicyclic amines) is 1. The topological polar surface area (TPSA) is 151 Å². The molecule has 1 aliphatic heterocycles. The molecular formula is C27H39N5O4S. The highest BCUT2D eigenvalue weighted by Crippen LogP contribution is 2.32. The molecule has 2 atom stereocenters. The molecule has 9 nitrogen and oxygen atoms in total. The molecule has 0 aromatic heterocycles. The summed E-state index contributed by atoms with van der Waals surface area (Å²) < 4.78 is 29.7. The molecule has 202 valence electrons. The summed E-state index contributed by atoms with van der Waals surface area (Å²) in [6.07, 6.45) is 3.05. The standard InChI is InChI=1S/C27H39N5O4S/c1-27(2,20-10-4-3-5-11-20)21-12-8-14-23(18-21)37(35,36)31-24(15-9-16-30-26(28)29)25(34)32-17-7-6-13-22(32)19-33/h3-5,8,10-12,14,18,22,24,31,33H,6-7,9,13,15-17,19H2,1-2H3,(H4,28,29,30)/t22-,24-/m0/s1. The molecule has 3 rings (SSSR count). The van der Waals surface area contributed by atoms with Crippen molar-refractivity contribution in [2.24, 2.45) is 16.5 Å². The van der Waals surface area contributed by atoms with Gasteiger partial charge in [-0.3, -0.25) is 9.79 Å². The smallest absolute Gasteiger partial charge is 0.241 e. The summed E-state index contributed by atoms with van der Waals surface area (Å²) in [4.78, 5) is 19.2. The summed E-state index contributed by atoms with van der Waals surface area (Å²) in [6.45, 7) is 4.69. The van der Waals surface area contributed by atoms with Crippen LogP contribution in [0.5, 0.6) is 0 Å². The van der Waals surface area contributed by atoms with Crippen molar-refractivity contribution in [3.05, 3.63) is 65.7 Å². The van der Waals surface area contributed by atoms with E-state index in [2.05, 4.69) is 9.71 Å². The van der Waals surface area contributed by atoms with Crippen molar-refractivity contribution in [2.45, 2.75) is 68.3 Å². The van der Waals surface area contributed by atoms with Crippen LogP contribution in [-0.4, -0.2) is 62.1 Å². The number of aliphatic hydroxyl groups is 1. The molecule has 0 bridgehead atoms. The number of piperidine rings is 1. The second-order valence-electron chi connectivity index (χ2n) is 10.0. The van der Waals surface area contributed by atoms with Crippen LogP contribution in [0, 0.1) is 0 Å². The maximum Gasteiger partial charge on any atom is 0.241 e. The molecule has 1 fully saturated rings. The summed E-state index contributed by atoms with van der Waals surface area (Å²) in [5.41, 5.74) is 12.3. The van der Waals surface area contributed by atoms with E-state index in [9.17, 15) is 18.3 Å². The average molecular weight is 530 g/mol. The zero-order valence-electron chi connectivity index (χ0n) is 21.6. The fourth-order valence-electron chi connectivity index (χ4n) is 4.75. The van der Waals surface area contributed by atoms with Crippen molar-refractivity contribution >= 4 is 21.9 Å². The van der Waals surface area contributed by atoms with Crippen LogP contribution in [0.3, 0.4) is 0 Å². The van der Waals surface area contributed by atoms with Gasteiger partial charge in [0.25, 0.3) is 0 Å². The van der Waals surface area contributed by atoms with Crippen LogP contribution < -0.4 is 16.2 Å². The Labute approximate surface area is 220 Å². The predicted molar refractivity (Wildman–Crippen MR) is 145 cm³/mol. The second kappa shape index (κ2) is 12.5. The van der Waals surface area contributed by atoms with Gasteiger partial charge in [0.05, 0.1) is 17.5 Å². The van der Waals surface area contributed by atoms with Gasteiger partial charge in [0.1, 0.15) is 6.04 Å². The Balaban J connectivity index is 1.87. The number of sulfonamides is 1. The van der Waals surface area contributed by atoms with Crippen molar-refractivity contribution < 1.29 is 18.3 Å². The van der Waals surface area contributed by atoms with Crippen LogP contribution in [0.25, 0.3) is 0 Å². The monoisotopic (exact) mass is 529 g/mol. The Morgan fingerprint density at radius 2 is 1.84 bits per heavy atom. The fourth-order valence-corrected chi connectivity index (χ4v) is 6.02. The maximum absolute atomic E-state index is 13.5. The molecule has 1 amide bonds. The van der Waals surface area contributed by atoms with Gasteiger partial charge >= 0.3 is 0 Å². The SMILES string of the molecule is CC(C)(c1ccccc1)c1cccc(S(=O)(=O)N[C@@H](CCCN=C(N)N)C(=O)N2CCCC[C@H]2CO)c1. The van der Waals surface area contributed by atoms with Crippen LogP contribution in [0.15, 0.2) is 64.5 Å². The molecule has 0 aliphatic carbocycles. The molecule has 0 unspecified atom stereocenters. The Bertz CT molecular complexity index is 1180. The highest BCUT2D eigenvalue weighted by molar-refractivity contribution is 7.89. The second-order valence-corrected chi connectivity index (χ2v) is 11.7.